The second-order valence-corrected chi connectivity index (χ2v) is 9.96. The van der Waals surface area contributed by atoms with Crippen LogP contribution in [0.3, 0.4) is 0 Å². The van der Waals surface area contributed by atoms with E-state index < -0.39 is 13.5 Å². The Hall–Kier alpha value is -0.957. The number of nitrogens with one attached hydrogen (secondary N) is 1. The molecule has 0 aliphatic rings. The third-order valence-electron chi connectivity index (χ3n) is 2.87. The van der Waals surface area contributed by atoms with Gasteiger partial charge in [0.2, 0.25) is 0 Å². The Morgan fingerprint density at radius 2 is 1.90 bits per heavy atom. The SMILES string of the molecule is COc1ccc(NCc2ccc(F)cc2[CH]=[Ru]([Cl])[Cl])cc1. The van der Waals surface area contributed by atoms with Crippen molar-refractivity contribution in [3.8, 4) is 5.75 Å². The fourth-order valence-electron chi connectivity index (χ4n) is 1.81. The number of hydrogen-bond donors (Lipinski definition) is 1. The molecule has 114 valence electrons. The zero-order valence-corrected chi connectivity index (χ0v) is 14.5. The fraction of sp³-hybridized carbons (Fsp3) is 0.133. The van der Waals surface area contributed by atoms with E-state index in [1.165, 1.54) is 12.1 Å². The zero-order valence-electron chi connectivity index (χ0n) is 11.2. The Balaban J connectivity index is 2.13. The molecule has 2 aromatic rings. The van der Waals surface area contributed by atoms with Gasteiger partial charge in [-0.3, -0.25) is 0 Å². The first kappa shape index (κ1) is 16.4. The standard InChI is InChI=1S/C15H14FNO.2ClH.Ru/c1-11-9-13(16)4-3-12(11)10-17-14-5-7-15(18-2)8-6-14;;;/h1,3-9,17H,10H2,2H3;2*1H;/q;;;+2/p-2. The molecule has 2 aromatic carbocycles. The summed E-state index contributed by atoms with van der Waals surface area (Å²) in [5.41, 5.74) is 2.66. The number of benzene rings is 2. The summed E-state index contributed by atoms with van der Waals surface area (Å²) in [5, 5.41) is 3.28. The van der Waals surface area contributed by atoms with Crippen LogP contribution in [0.1, 0.15) is 11.1 Å². The molecule has 0 aliphatic carbocycles. The van der Waals surface area contributed by atoms with E-state index in [1.54, 1.807) is 17.8 Å². The van der Waals surface area contributed by atoms with Crippen molar-refractivity contribution in [1.29, 1.82) is 0 Å². The van der Waals surface area contributed by atoms with Crippen molar-refractivity contribution in [2.75, 3.05) is 12.4 Å². The molecule has 0 atom stereocenters. The Morgan fingerprint density at radius 3 is 2.52 bits per heavy atom. The quantitative estimate of drug-likeness (QED) is 0.726. The first-order valence-corrected chi connectivity index (χ1v) is 11.6. The van der Waals surface area contributed by atoms with E-state index in [9.17, 15) is 4.39 Å². The van der Waals surface area contributed by atoms with E-state index in [4.69, 9.17) is 24.1 Å². The van der Waals surface area contributed by atoms with Crippen LogP contribution in [0.25, 0.3) is 0 Å². The summed E-state index contributed by atoms with van der Waals surface area (Å²) in [6, 6.07) is 12.2. The third kappa shape index (κ3) is 5.07. The summed E-state index contributed by atoms with van der Waals surface area (Å²) < 4.78 is 20.2. The second kappa shape index (κ2) is 7.88. The molecule has 0 saturated carbocycles. The number of anilines is 1. The van der Waals surface area contributed by atoms with E-state index in [0.717, 1.165) is 22.6 Å². The Kier molecular flexibility index (Phi) is 6.16. The summed E-state index contributed by atoms with van der Waals surface area (Å²) >= 11 is -1.99. The van der Waals surface area contributed by atoms with Crippen molar-refractivity contribution in [3.63, 3.8) is 0 Å². The van der Waals surface area contributed by atoms with Crippen LogP contribution in [0, 0.1) is 5.82 Å². The fourth-order valence-corrected chi connectivity index (χ4v) is 3.67. The van der Waals surface area contributed by atoms with Gasteiger partial charge in [-0.25, -0.2) is 0 Å². The van der Waals surface area contributed by atoms with Crippen LogP contribution in [-0.4, -0.2) is 11.7 Å². The average Bonchev–Trinajstić information content (AvgIpc) is 2.46. The first-order valence-electron chi connectivity index (χ1n) is 6.08. The van der Waals surface area contributed by atoms with E-state index in [2.05, 4.69) is 5.32 Å². The van der Waals surface area contributed by atoms with E-state index in [0.29, 0.717) is 6.54 Å². The molecule has 0 radical (unpaired) electrons. The van der Waals surface area contributed by atoms with Crippen molar-refractivity contribution in [2.24, 2.45) is 0 Å². The topological polar surface area (TPSA) is 21.3 Å². The van der Waals surface area contributed by atoms with Gasteiger partial charge < -0.3 is 0 Å². The van der Waals surface area contributed by atoms with E-state index in [1.807, 2.05) is 24.3 Å². The number of methoxy groups -OCH3 is 1. The van der Waals surface area contributed by atoms with Crippen LogP contribution in [0.2, 0.25) is 0 Å². The molecule has 0 aliphatic heterocycles. The number of rotatable bonds is 5. The number of hydrogen-bond acceptors (Lipinski definition) is 2. The van der Waals surface area contributed by atoms with E-state index in [-0.39, 0.29) is 5.82 Å². The molecule has 0 fully saturated rings. The van der Waals surface area contributed by atoms with Crippen LogP contribution >= 0.6 is 19.4 Å². The molecule has 1 N–H and O–H groups in total. The third-order valence-corrected chi connectivity index (χ3v) is 4.70. The maximum absolute atomic E-state index is 13.3. The van der Waals surface area contributed by atoms with Crippen LogP contribution < -0.4 is 10.1 Å². The van der Waals surface area contributed by atoms with Crippen molar-refractivity contribution in [3.05, 3.63) is 59.4 Å². The predicted molar refractivity (Wildman–Crippen MR) is 83.6 cm³/mol. The molecule has 2 nitrogen and oxygen atoms in total. The minimum atomic E-state index is -1.99. The van der Waals surface area contributed by atoms with E-state index >= 15 is 0 Å². The zero-order chi connectivity index (χ0) is 15.2. The Labute approximate surface area is 136 Å². The van der Waals surface area contributed by atoms with Gasteiger partial charge in [0.15, 0.2) is 0 Å². The molecule has 0 amide bonds. The van der Waals surface area contributed by atoms with Gasteiger partial charge >= 0.3 is 136 Å². The number of ether oxygens (including phenoxy) is 1. The van der Waals surface area contributed by atoms with Gasteiger partial charge in [0.05, 0.1) is 0 Å². The molecule has 21 heavy (non-hydrogen) atoms. The molecular weight excluding hydrogens is 401 g/mol. The Morgan fingerprint density at radius 1 is 1.19 bits per heavy atom. The number of halogens is 3. The molecular formula is C15H14Cl2FNORu. The monoisotopic (exact) mass is 415 g/mol. The van der Waals surface area contributed by atoms with Crippen LogP contribution in [0.15, 0.2) is 42.5 Å². The van der Waals surface area contributed by atoms with Gasteiger partial charge in [0.1, 0.15) is 0 Å². The minimum absolute atomic E-state index is 0.293. The normalized spacial score (nSPS) is 11.0. The molecule has 0 aromatic heterocycles. The van der Waals surface area contributed by atoms with Crippen molar-refractivity contribution >= 4 is 29.7 Å². The van der Waals surface area contributed by atoms with Crippen molar-refractivity contribution < 1.29 is 22.6 Å². The summed E-state index contributed by atoms with van der Waals surface area (Å²) in [6.45, 7) is 0.564. The molecule has 0 saturated heterocycles. The van der Waals surface area contributed by atoms with Gasteiger partial charge in [-0.1, -0.05) is 0 Å². The molecule has 0 spiro atoms. The van der Waals surface area contributed by atoms with Crippen molar-refractivity contribution in [2.45, 2.75) is 6.54 Å². The van der Waals surface area contributed by atoms with Crippen LogP contribution in [0.5, 0.6) is 5.75 Å². The summed E-state index contributed by atoms with van der Waals surface area (Å²) in [5.74, 6) is 0.507. The van der Waals surface area contributed by atoms with Crippen LogP contribution in [-0.2, 0) is 20.1 Å². The van der Waals surface area contributed by atoms with Gasteiger partial charge in [-0.15, -0.1) is 0 Å². The summed E-state index contributed by atoms with van der Waals surface area (Å²) in [6.07, 6.45) is 0. The van der Waals surface area contributed by atoms with Crippen LogP contribution in [0.4, 0.5) is 10.1 Å². The van der Waals surface area contributed by atoms with Gasteiger partial charge in [0.25, 0.3) is 0 Å². The molecule has 0 heterocycles. The van der Waals surface area contributed by atoms with Gasteiger partial charge in [-0.05, 0) is 0 Å². The summed E-state index contributed by atoms with van der Waals surface area (Å²) in [4.78, 5) is 0. The molecule has 0 unspecified atom stereocenters. The predicted octanol–water partition coefficient (Wildman–Crippen LogP) is 4.52. The maximum atomic E-state index is 13.3. The average molecular weight is 415 g/mol. The molecule has 2 rings (SSSR count). The van der Waals surface area contributed by atoms with Gasteiger partial charge in [0, 0.05) is 0 Å². The summed E-state index contributed by atoms with van der Waals surface area (Å²) in [7, 11) is 13.4. The Bertz CT molecular complexity index is 643. The first-order chi connectivity index (χ1) is 10.1. The second-order valence-electron chi connectivity index (χ2n) is 4.23. The molecule has 6 heteroatoms. The molecule has 0 bridgehead atoms. The van der Waals surface area contributed by atoms with Gasteiger partial charge in [-0.2, -0.15) is 0 Å². The van der Waals surface area contributed by atoms with Crippen molar-refractivity contribution in [1.82, 2.24) is 0 Å².